The number of carbonyl (C=O) groups excluding carboxylic acids is 2. The molecule has 0 saturated heterocycles. The second kappa shape index (κ2) is 8.58. The summed E-state index contributed by atoms with van der Waals surface area (Å²) in [5, 5.41) is 0. The standard InChI is InChI=1S/C16H18O5/c1-4-5-6-7-16(18)21-11-14(17)13-10-12(19-2)8-9-15(13)20-3/h4-10H,11H2,1-3H3/b5-4+,7-6+. The van der Waals surface area contributed by atoms with Crippen LogP contribution in [0.4, 0.5) is 0 Å². The summed E-state index contributed by atoms with van der Waals surface area (Å²) in [5.74, 6) is -0.0124. The molecule has 5 heteroatoms. The molecule has 0 spiro atoms. The minimum atomic E-state index is -0.580. The van der Waals surface area contributed by atoms with Crippen LogP contribution in [0.1, 0.15) is 17.3 Å². The predicted molar refractivity (Wildman–Crippen MR) is 78.8 cm³/mol. The van der Waals surface area contributed by atoms with Crippen molar-refractivity contribution in [3.05, 3.63) is 48.1 Å². The number of ketones is 1. The number of rotatable bonds is 7. The summed E-state index contributed by atoms with van der Waals surface area (Å²) in [6.45, 7) is 1.47. The predicted octanol–water partition coefficient (Wildman–Crippen LogP) is 2.56. The molecule has 0 unspecified atom stereocenters. The largest absolute Gasteiger partial charge is 0.497 e. The van der Waals surface area contributed by atoms with Gasteiger partial charge in [-0.2, -0.15) is 0 Å². The molecular formula is C16H18O5. The molecule has 1 rings (SSSR count). The summed E-state index contributed by atoms with van der Waals surface area (Å²) in [4.78, 5) is 23.5. The molecule has 0 aromatic heterocycles. The highest BCUT2D eigenvalue weighted by atomic mass is 16.5. The second-order valence-electron chi connectivity index (χ2n) is 3.98. The first-order valence-electron chi connectivity index (χ1n) is 6.33. The molecule has 112 valence electrons. The SMILES string of the molecule is C/C=C/C=C/C(=O)OCC(=O)c1cc(OC)ccc1OC. The Morgan fingerprint density at radius 2 is 1.90 bits per heavy atom. The van der Waals surface area contributed by atoms with E-state index < -0.39 is 5.97 Å². The van der Waals surface area contributed by atoms with Gasteiger partial charge in [-0.05, 0) is 25.1 Å². The lowest BCUT2D eigenvalue weighted by molar-refractivity contribution is -0.136. The Labute approximate surface area is 123 Å². The van der Waals surface area contributed by atoms with Gasteiger partial charge in [-0.3, -0.25) is 4.79 Å². The van der Waals surface area contributed by atoms with Crippen molar-refractivity contribution >= 4 is 11.8 Å². The number of hydrogen-bond acceptors (Lipinski definition) is 5. The van der Waals surface area contributed by atoms with E-state index in [1.54, 1.807) is 36.4 Å². The summed E-state index contributed by atoms with van der Waals surface area (Å²) in [6.07, 6.45) is 6.25. The van der Waals surface area contributed by atoms with Gasteiger partial charge >= 0.3 is 5.97 Å². The minimum Gasteiger partial charge on any atom is -0.497 e. The molecule has 0 aliphatic heterocycles. The number of Topliss-reactive ketones (excluding diaryl/α,β-unsaturated/α-hetero) is 1. The number of allylic oxidation sites excluding steroid dienone is 3. The van der Waals surface area contributed by atoms with E-state index >= 15 is 0 Å². The Morgan fingerprint density at radius 1 is 1.14 bits per heavy atom. The number of hydrogen-bond donors (Lipinski definition) is 0. The van der Waals surface area contributed by atoms with Gasteiger partial charge in [-0.15, -0.1) is 0 Å². The molecule has 0 radical (unpaired) electrons. The normalized spacial score (nSPS) is 10.8. The number of methoxy groups -OCH3 is 2. The van der Waals surface area contributed by atoms with E-state index in [2.05, 4.69) is 0 Å². The molecule has 0 heterocycles. The average molecular weight is 290 g/mol. The first kappa shape index (κ1) is 16.5. The van der Waals surface area contributed by atoms with Crippen LogP contribution in [0, 0.1) is 0 Å². The van der Waals surface area contributed by atoms with Crippen LogP contribution >= 0.6 is 0 Å². The van der Waals surface area contributed by atoms with Crippen molar-refractivity contribution in [2.45, 2.75) is 6.92 Å². The van der Waals surface area contributed by atoms with Gasteiger partial charge in [0.2, 0.25) is 5.78 Å². The second-order valence-corrected chi connectivity index (χ2v) is 3.98. The van der Waals surface area contributed by atoms with Crippen molar-refractivity contribution in [3.8, 4) is 11.5 Å². The first-order chi connectivity index (χ1) is 10.1. The van der Waals surface area contributed by atoms with Crippen LogP contribution in [0.25, 0.3) is 0 Å². The van der Waals surface area contributed by atoms with Crippen LogP contribution in [0.3, 0.4) is 0 Å². The van der Waals surface area contributed by atoms with Crippen LogP contribution in [-0.2, 0) is 9.53 Å². The summed E-state index contributed by atoms with van der Waals surface area (Å²) in [7, 11) is 2.96. The van der Waals surface area contributed by atoms with Gasteiger partial charge in [0, 0.05) is 6.08 Å². The number of carbonyl (C=O) groups is 2. The van der Waals surface area contributed by atoms with Gasteiger partial charge in [0.25, 0.3) is 0 Å². The molecule has 0 atom stereocenters. The molecule has 1 aromatic rings. The maximum Gasteiger partial charge on any atom is 0.331 e. The van der Waals surface area contributed by atoms with Crippen molar-refractivity contribution in [3.63, 3.8) is 0 Å². The highest BCUT2D eigenvalue weighted by molar-refractivity contribution is 6.01. The van der Waals surface area contributed by atoms with Crippen molar-refractivity contribution in [1.29, 1.82) is 0 Å². The molecule has 5 nitrogen and oxygen atoms in total. The van der Waals surface area contributed by atoms with Crippen molar-refractivity contribution < 1.29 is 23.8 Å². The van der Waals surface area contributed by atoms with Crippen molar-refractivity contribution in [2.24, 2.45) is 0 Å². The highest BCUT2D eigenvalue weighted by Crippen LogP contribution is 2.24. The van der Waals surface area contributed by atoms with Gasteiger partial charge in [0.1, 0.15) is 11.5 Å². The zero-order chi connectivity index (χ0) is 15.7. The number of esters is 1. The van der Waals surface area contributed by atoms with Crippen LogP contribution in [0.2, 0.25) is 0 Å². The lowest BCUT2D eigenvalue weighted by Gasteiger charge is -2.09. The Balaban J connectivity index is 2.73. The third kappa shape index (κ3) is 5.14. The monoisotopic (exact) mass is 290 g/mol. The third-order valence-corrected chi connectivity index (χ3v) is 2.59. The smallest absolute Gasteiger partial charge is 0.331 e. The first-order valence-corrected chi connectivity index (χ1v) is 6.33. The molecule has 1 aromatic carbocycles. The van der Waals surface area contributed by atoms with Crippen LogP contribution in [0.5, 0.6) is 11.5 Å². The Kier molecular flexibility index (Phi) is 6.74. The zero-order valence-corrected chi connectivity index (χ0v) is 12.3. The van der Waals surface area contributed by atoms with Crippen molar-refractivity contribution in [1.82, 2.24) is 0 Å². The number of ether oxygens (including phenoxy) is 3. The molecule has 0 amide bonds. The molecule has 21 heavy (non-hydrogen) atoms. The molecule has 0 saturated carbocycles. The van der Waals surface area contributed by atoms with Gasteiger partial charge in [0.05, 0.1) is 19.8 Å². The molecular weight excluding hydrogens is 272 g/mol. The van der Waals surface area contributed by atoms with E-state index in [9.17, 15) is 9.59 Å². The minimum absolute atomic E-state index is 0.307. The van der Waals surface area contributed by atoms with Gasteiger partial charge in [-0.1, -0.05) is 18.2 Å². The Hall–Kier alpha value is -2.56. The molecule has 0 aliphatic rings. The number of benzene rings is 1. The van der Waals surface area contributed by atoms with Gasteiger partial charge in [0.15, 0.2) is 6.61 Å². The van der Waals surface area contributed by atoms with Crippen LogP contribution in [-0.4, -0.2) is 32.6 Å². The third-order valence-electron chi connectivity index (χ3n) is 2.59. The van der Waals surface area contributed by atoms with Crippen molar-refractivity contribution in [2.75, 3.05) is 20.8 Å². The maximum atomic E-state index is 12.1. The Bertz CT molecular complexity index is 558. The van der Waals surface area contributed by atoms with E-state index in [-0.39, 0.29) is 12.4 Å². The topological polar surface area (TPSA) is 61.8 Å². The molecule has 0 N–H and O–H groups in total. The van der Waals surface area contributed by atoms with E-state index in [1.807, 2.05) is 6.92 Å². The lowest BCUT2D eigenvalue weighted by atomic mass is 10.1. The van der Waals surface area contributed by atoms with Gasteiger partial charge in [-0.25, -0.2) is 4.79 Å². The summed E-state index contributed by atoms with van der Waals surface area (Å²) >= 11 is 0. The van der Waals surface area contributed by atoms with Crippen LogP contribution in [0.15, 0.2) is 42.5 Å². The molecule has 0 aliphatic carbocycles. The summed E-state index contributed by atoms with van der Waals surface area (Å²) in [6, 6.07) is 4.85. The summed E-state index contributed by atoms with van der Waals surface area (Å²) in [5.41, 5.74) is 0.307. The molecule has 0 bridgehead atoms. The zero-order valence-electron chi connectivity index (χ0n) is 12.3. The average Bonchev–Trinajstić information content (AvgIpc) is 2.52. The maximum absolute atomic E-state index is 12.1. The highest BCUT2D eigenvalue weighted by Gasteiger charge is 2.15. The van der Waals surface area contributed by atoms with E-state index in [0.717, 1.165) is 0 Å². The fourth-order valence-electron chi connectivity index (χ4n) is 1.54. The Morgan fingerprint density at radius 3 is 2.52 bits per heavy atom. The fraction of sp³-hybridized carbons (Fsp3) is 0.250. The van der Waals surface area contributed by atoms with E-state index in [4.69, 9.17) is 14.2 Å². The molecule has 0 fully saturated rings. The van der Waals surface area contributed by atoms with Gasteiger partial charge < -0.3 is 14.2 Å². The van der Waals surface area contributed by atoms with E-state index in [0.29, 0.717) is 17.1 Å². The summed E-state index contributed by atoms with van der Waals surface area (Å²) < 4.78 is 15.0. The lowest BCUT2D eigenvalue weighted by Crippen LogP contribution is -2.13. The quantitative estimate of drug-likeness (QED) is 0.334. The fourth-order valence-corrected chi connectivity index (χ4v) is 1.54. The van der Waals surface area contributed by atoms with Crippen LogP contribution < -0.4 is 9.47 Å². The van der Waals surface area contributed by atoms with E-state index in [1.165, 1.54) is 20.3 Å².